The van der Waals surface area contributed by atoms with Gasteiger partial charge in [-0.05, 0) is 18.4 Å². The minimum Gasteiger partial charge on any atom is -0.385 e. The molecule has 94 valence electrons. The van der Waals surface area contributed by atoms with E-state index in [1.165, 1.54) is 0 Å². The number of aliphatic hydroxyl groups is 1. The van der Waals surface area contributed by atoms with E-state index in [-0.39, 0.29) is 6.29 Å². The second-order valence-electron chi connectivity index (χ2n) is 4.43. The zero-order valence-corrected chi connectivity index (χ0v) is 10.5. The molecule has 1 fully saturated rings. The van der Waals surface area contributed by atoms with Crippen LogP contribution in [0, 0.1) is 0 Å². The first-order valence-corrected chi connectivity index (χ1v) is 6.25. The zero-order chi connectivity index (χ0) is 12.3. The van der Waals surface area contributed by atoms with Crippen molar-refractivity contribution in [2.75, 3.05) is 13.2 Å². The third-order valence-electron chi connectivity index (χ3n) is 3.51. The summed E-state index contributed by atoms with van der Waals surface area (Å²) in [5.74, 6) is 0. The van der Waals surface area contributed by atoms with Crippen molar-refractivity contribution in [1.82, 2.24) is 0 Å². The summed E-state index contributed by atoms with van der Waals surface area (Å²) in [7, 11) is 0. The Bertz CT molecular complexity index is 348. The van der Waals surface area contributed by atoms with Gasteiger partial charge in [-0.15, -0.1) is 0 Å². The predicted octanol–water partition coefficient (Wildman–Crippen LogP) is 2.74. The number of benzene rings is 1. The fourth-order valence-electron chi connectivity index (χ4n) is 2.16. The van der Waals surface area contributed by atoms with E-state index >= 15 is 0 Å². The van der Waals surface area contributed by atoms with E-state index < -0.39 is 5.60 Å². The van der Waals surface area contributed by atoms with E-state index in [2.05, 4.69) is 0 Å². The van der Waals surface area contributed by atoms with Gasteiger partial charge in [0.05, 0.1) is 18.8 Å². The standard InChI is InChI=1S/C14H20O3/c1-3-14(15,4-2)12-7-5-11(6-8-12)13-16-9-10-17-13/h5-8,13,15H,3-4,9-10H2,1-2H3. The molecule has 0 bridgehead atoms. The number of hydrogen-bond donors (Lipinski definition) is 1. The van der Waals surface area contributed by atoms with Crippen molar-refractivity contribution in [3.8, 4) is 0 Å². The van der Waals surface area contributed by atoms with Crippen LogP contribution in [-0.2, 0) is 15.1 Å². The van der Waals surface area contributed by atoms with Crippen molar-refractivity contribution in [2.24, 2.45) is 0 Å². The molecule has 3 nitrogen and oxygen atoms in total. The smallest absolute Gasteiger partial charge is 0.184 e. The van der Waals surface area contributed by atoms with Gasteiger partial charge in [-0.1, -0.05) is 38.1 Å². The first kappa shape index (κ1) is 12.6. The third-order valence-corrected chi connectivity index (χ3v) is 3.51. The van der Waals surface area contributed by atoms with Crippen molar-refractivity contribution in [3.63, 3.8) is 0 Å². The van der Waals surface area contributed by atoms with Gasteiger partial charge >= 0.3 is 0 Å². The normalized spacial score (nSPS) is 17.6. The molecule has 1 heterocycles. The van der Waals surface area contributed by atoms with Crippen LogP contribution in [0.3, 0.4) is 0 Å². The van der Waals surface area contributed by atoms with E-state index in [0.29, 0.717) is 13.2 Å². The van der Waals surface area contributed by atoms with E-state index in [1.807, 2.05) is 38.1 Å². The van der Waals surface area contributed by atoms with Crippen molar-refractivity contribution in [2.45, 2.75) is 38.6 Å². The molecular weight excluding hydrogens is 216 g/mol. The van der Waals surface area contributed by atoms with Gasteiger partial charge in [0.15, 0.2) is 6.29 Å². The second-order valence-corrected chi connectivity index (χ2v) is 4.43. The van der Waals surface area contributed by atoms with E-state index in [1.54, 1.807) is 0 Å². The molecule has 3 heteroatoms. The predicted molar refractivity (Wildman–Crippen MR) is 65.6 cm³/mol. The molecule has 2 rings (SSSR count). The van der Waals surface area contributed by atoms with Crippen LogP contribution < -0.4 is 0 Å². The highest BCUT2D eigenvalue weighted by Gasteiger charge is 2.25. The van der Waals surface area contributed by atoms with E-state index in [4.69, 9.17) is 9.47 Å². The third kappa shape index (κ3) is 2.51. The maximum Gasteiger partial charge on any atom is 0.184 e. The van der Waals surface area contributed by atoms with Crippen LogP contribution in [0.25, 0.3) is 0 Å². The molecule has 0 aliphatic carbocycles. The molecule has 17 heavy (non-hydrogen) atoms. The summed E-state index contributed by atoms with van der Waals surface area (Å²) in [5.41, 5.74) is 1.26. The number of hydrogen-bond acceptors (Lipinski definition) is 3. The molecule has 1 aromatic carbocycles. The van der Waals surface area contributed by atoms with Crippen molar-refractivity contribution in [3.05, 3.63) is 35.4 Å². The average molecular weight is 236 g/mol. The van der Waals surface area contributed by atoms with Crippen molar-refractivity contribution >= 4 is 0 Å². The molecule has 1 saturated heterocycles. The Morgan fingerprint density at radius 3 is 2.12 bits per heavy atom. The Labute approximate surface area is 102 Å². The lowest BCUT2D eigenvalue weighted by atomic mass is 9.88. The average Bonchev–Trinajstić information content (AvgIpc) is 2.92. The lowest BCUT2D eigenvalue weighted by Gasteiger charge is -2.26. The summed E-state index contributed by atoms with van der Waals surface area (Å²) in [5, 5.41) is 10.4. The molecule has 1 aliphatic heterocycles. The van der Waals surface area contributed by atoms with Gasteiger partial charge in [0, 0.05) is 5.56 Å². The Morgan fingerprint density at radius 2 is 1.65 bits per heavy atom. The Hall–Kier alpha value is -0.900. The van der Waals surface area contributed by atoms with Gasteiger partial charge in [0.25, 0.3) is 0 Å². The van der Waals surface area contributed by atoms with Gasteiger partial charge in [-0.25, -0.2) is 0 Å². The Morgan fingerprint density at radius 1 is 1.12 bits per heavy atom. The summed E-state index contributed by atoms with van der Waals surface area (Å²) >= 11 is 0. The fraction of sp³-hybridized carbons (Fsp3) is 0.571. The minimum atomic E-state index is -0.712. The molecule has 0 saturated carbocycles. The van der Waals surface area contributed by atoms with Gasteiger partial charge < -0.3 is 14.6 Å². The number of rotatable bonds is 4. The highest BCUT2D eigenvalue weighted by molar-refractivity contribution is 5.28. The molecule has 0 radical (unpaired) electrons. The minimum absolute atomic E-state index is 0.236. The van der Waals surface area contributed by atoms with Crippen LogP contribution in [0.1, 0.15) is 44.1 Å². The Kier molecular flexibility index (Phi) is 3.82. The monoisotopic (exact) mass is 236 g/mol. The fourth-order valence-corrected chi connectivity index (χ4v) is 2.16. The number of ether oxygens (including phenoxy) is 2. The molecule has 0 spiro atoms. The maximum atomic E-state index is 10.4. The SMILES string of the molecule is CCC(O)(CC)c1ccc(C2OCCO2)cc1. The second kappa shape index (κ2) is 5.17. The molecule has 1 N–H and O–H groups in total. The molecule has 1 aliphatic rings. The van der Waals surface area contributed by atoms with Crippen LogP contribution in [0.15, 0.2) is 24.3 Å². The summed E-state index contributed by atoms with van der Waals surface area (Å²) in [6.07, 6.45) is 1.21. The lowest BCUT2D eigenvalue weighted by Crippen LogP contribution is -2.23. The van der Waals surface area contributed by atoms with Crippen LogP contribution in [-0.4, -0.2) is 18.3 Å². The van der Waals surface area contributed by atoms with Gasteiger partial charge in [0.2, 0.25) is 0 Å². The molecule has 0 aromatic heterocycles. The first-order chi connectivity index (χ1) is 8.19. The van der Waals surface area contributed by atoms with Crippen molar-refractivity contribution in [1.29, 1.82) is 0 Å². The highest BCUT2D eigenvalue weighted by Crippen LogP contribution is 2.30. The maximum absolute atomic E-state index is 10.4. The molecular formula is C14H20O3. The van der Waals surface area contributed by atoms with E-state index in [0.717, 1.165) is 24.0 Å². The Balaban J connectivity index is 2.17. The summed E-state index contributed by atoms with van der Waals surface area (Å²) in [6.45, 7) is 5.31. The van der Waals surface area contributed by atoms with Crippen LogP contribution in [0.5, 0.6) is 0 Å². The first-order valence-electron chi connectivity index (χ1n) is 6.25. The summed E-state index contributed by atoms with van der Waals surface area (Å²) in [4.78, 5) is 0. The van der Waals surface area contributed by atoms with Gasteiger partial charge in [0.1, 0.15) is 0 Å². The van der Waals surface area contributed by atoms with E-state index in [9.17, 15) is 5.11 Å². The zero-order valence-electron chi connectivity index (χ0n) is 10.5. The molecule has 0 unspecified atom stereocenters. The lowest BCUT2D eigenvalue weighted by molar-refractivity contribution is -0.0442. The topological polar surface area (TPSA) is 38.7 Å². The molecule has 1 aromatic rings. The van der Waals surface area contributed by atoms with Crippen LogP contribution in [0.2, 0.25) is 0 Å². The molecule has 0 amide bonds. The largest absolute Gasteiger partial charge is 0.385 e. The van der Waals surface area contributed by atoms with Crippen molar-refractivity contribution < 1.29 is 14.6 Å². The van der Waals surface area contributed by atoms with Crippen LogP contribution >= 0.6 is 0 Å². The molecule has 0 atom stereocenters. The van der Waals surface area contributed by atoms with Gasteiger partial charge in [-0.3, -0.25) is 0 Å². The quantitative estimate of drug-likeness (QED) is 0.873. The summed E-state index contributed by atoms with van der Waals surface area (Å²) in [6, 6.07) is 7.88. The highest BCUT2D eigenvalue weighted by atomic mass is 16.7. The summed E-state index contributed by atoms with van der Waals surface area (Å²) < 4.78 is 10.9. The van der Waals surface area contributed by atoms with Crippen LogP contribution in [0.4, 0.5) is 0 Å². The van der Waals surface area contributed by atoms with Gasteiger partial charge in [-0.2, -0.15) is 0 Å².